The van der Waals surface area contributed by atoms with E-state index in [0.717, 1.165) is 25.9 Å². The number of benzene rings is 2. The maximum absolute atomic E-state index is 12.4. The largest absolute Gasteiger partial charge is 0.449 e. The summed E-state index contributed by atoms with van der Waals surface area (Å²) in [6.07, 6.45) is 0.524. The number of para-hydroxylation sites is 1. The second-order valence-corrected chi connectivity index (χ2v) is 9.42. The summed E-state index contributed by atoms with van der Waals surface area (Å²) < 4.78 is 7.45. The van der Waals surface area contributed by atoms with E-state index in [1.54, 1.807) is 47.4 Å². The number of esters is 1. The number of thiazole rings is 1. The molecule has 0 aliphatic carbocycles. The Morgan fingerprint density at radius 1 is 1.12 bits per heavy atom. The van der Waals surface area contributed by atoms with Crippen LogP contribution >= 0.6 is 34.7 Å². The number of carbonyl (C=O) groups is 2. The second-order valence-electron chi connectivity index (χ2n) is 6.81. The zero-order valence-electron chi connectivity index (χ0n) is 16.9. The summed E-state index contributed by atoms with van der Waals surface area (Å²) >= 11 is 9.25. The van der Waals surface area contributed by atoms with Crippen LogP contribution in [0.1, 0.15) is 22.8 Å². The fourth-order valence-electron chi connectivity index (χ4n) is 2.79. The number of hydrogen-bond donors (Lipinski definition) is 1. The first-order chi connectivity index (χ1) is 15.5. The molecule has 9 heteroatoms. The zero-order valence-corrected chi connectivity index (χ0v) is 19.3. The standard InChI is InChI=1S/C23H18ClN3O3S2/c1-14(21(28)26-18-6-4-12-25-20(18)24)30-22(29)16-10-8-15(9-11-16)13-31-23-27-17-5-2-3-7-19(17)32-23/h2-12,14H,13H2,1H3,(H,26,28). The molecule has 2 heterocycles. The third-order valence-electron chi connectivity index (χ3n) is 4.50. The minimum absolute atomic E-state index is 0.165. The molecule has 0 aliphatic heterocycles. The van der Waals surface area contributed by atoms with Gasteiger partial charge in [-0.3, -0.25) is 4.79 Å². The van der Waals surface area contributed by atoms with Crippen molar-refractivity contribution in [1.82, 2.24) is 9.97 Å². The first kappa shape index (κ1) is 22.3. The van der Waals surface area contributed by atoms with Crippen LogP contribution in [0.25, 0.3) is 10.2 Å². The van der Waals surface area contributed by atoms with Crippen LogP contribution in [-0.4, -0.2) is 27.9 Å². The Kier molecular flexibility index (Phi) is 7.04. The highest BCUT2D eigenvalue weighted by molar-refractivity contribution is 8.00. The van der Waals surface area contributed by atoms with Gasteiger partial charge >= 0.3 is 5.97 Å². The van der Waals surface area contributed by atoms with Crippen LogP contribution in [0.5, 0.6) is 0 Å². The summed E-state index contributed by atoms with van der Waals surface area (Å²) in [5, 5.41) is 2.76. The van der Waals surface area contributed by atoms with Crippen molar-refractivity contribution in [2.75, 3.05) is 5.32 Å². The van der Waals surface area contributed by atoms with Gasteiger partial charge in [-0.25, -0.2) is 14.8 Å². The minimum Gasteiger partial charge on any atom is -0.449 e. The van der Waals surface area contributed by atoms with E-state index in [4.69, 9.17) is 16.3 Å². The zero-order chi connectivity index (χ0) is 22.5. The Morgan fingerprint density at radius 2 is 1.91 bits per heavy atom. The summed E-state index contributed by atoms with van der Waals surface area (Å²) in [4.78, 5) is 33.2. The van der Waals surface area contributed by atoms with E-state index >= 15 is 0 Å². The van der Waals surface area contributed by atoms with E-state index in [1.165, 1.54) is 13.1 Å². The number of nitrogens with zero attached hydrogens (tertiary/aromatic N) is 2. The molecular weight excluding hydrogens is 466 g/mol. The summed E-state index contributed by atoms with van der Waals surface area (Å²) in [7, 11) is 0. The van der Waals surface area contributed by atoms with Crippen molar-refractivity contribution in [1.29, 1.82) is 0 Å². The van der Waals surface area contributed by atoms with Crippen LogP contribution in [0, 0.1) is 0 Å². The predicted molar refractivity (Wildman–Crippen MR) is 128 cm³/mol. The monoisotopic (exact) mass is 483 g/mol. The van der Waals surface area contributed by atoms with Gasteiger partial charge in [-0.15, -0.1) is 11.3 Å². The topological polar surface area (TPSA) is 81.2 Å². The fourth-order valence-corrected chi connectivity index (χ4v) is 4.98. The minimum atomic E-state index is -0.993. The molecule has 4 rings (SSSR count). The Morgan fingerprint density at radius 3 is 2.66 bits per heavy atom. The number of ether oxygens (including phenoxy) is 1. The van der Waals surface area contributed by atoms with Gasteiger partial charge in [0, 0.05) is 11.9 Å². The summed E-state index contributed by atoms with van der Waals surface area (Å²) in [5.41, 5.74) is 2.79. The van der Waals surface area contributed by atoms with Crippen molar-refractivity contribution in [3.05, 3.63) is 83.1 Å². The van der Waals surface area contributed by atoms with Crippen LogP contribution in [0.3, 0.4) is 0 Å². The number of anilines is 1. The molecule has 0 spiro atoms. The van der Waals surface area contributed by atoms with Crippen molar-refractivity contribution >= 4 is 62.5 Å². The van der Waals surface area contributed by atoms with Gasteiger partial charge in [-0.2, -0.15) is 0 Å². The Hall–Kier alpha value is -2.94. The van der Waals surface area contributed by atoms with Gasteiger partial charge in [-0.05, 0) is 48.9 Å². The van der Waals surface area contributed by atoms with Crippen molar-refractivity contribution in [2.45, 2.75) is 23.1 Å². The molecule has 32 heavy (non-hydrogen) atoms. The highest BCUT2D eigenvalue weighted by atomic mass is 35.5. The number of carbonyl (C=O) groups excluding carboxylic acids is 2. The molecule has 0 aliphatic rings. The van der Waals surface area contributed by atoms with E-state index in [9.17, 15) is 9.59 Å². The van der Waals surface area contributed by atoms with Gasteiger partial charge in [0.25, 0.3) is 5.91 Å². The van der Waals surface area contributed by atoms with E-state index in [2.05, 4.69) is 21.4 Å². The number of thioether (sulfide) groups is 1. The molecule has 0 bridgehead atoms. The van der Waals surface area contributed by atoms with Gasteiger partial charge in [0.15, 0.2) is 15.6 Å². The van der Waals surface area contributed by atoms with E-state index in [0.29, 0.717) is 11.3 Å². The van der Waals surface area contributed by atoms with Crippen molar-refractivity contribution < 1.29 is 14.3 Å². The molecule has 2 aromatic heterocycles. The maximum atomic E-state index is 12.4. The predicted octanol–water partition coefficient (Wildman–Crippen LogP) is 5.82. The number of pyridine rings is 1. The molecule has 1 atom stereocenters. The van der Waals surface area contributed by atoms with Crippen LogP contribution in [0.15, 0.2) is 71.2 Å². The lowest BCUT2D eigenvalue weighted by Crippen LogP contribution is -2.30. The van der Waals surface area contributed by atoms with Crippen molar-refractivity contribution in [2.24, 2.45) is 0 Å². The Balaban J connectivity index is 1.31. The highest BCUT2D eigenvalue weighted by Crippen LogP contribution is 2.31. The third-order valence-corrected chi connectivity index (χ3v) is 7.05. The van der Waals surface area contributed by atoms with Crippen LogP contribution in [-0.2, 0) is 15.3 Å². The molecule has 1 N–H and O–H groups in total. The van der Waals surface area contributed by atoms with Gasteiger partial charge in [0.05, 0.1) is 21.5 Å². The lowest BCUT2D eigenvalue weighted by Gasteiger charge is -2.14. The molecular formula is C23H18ClN3O3S2. The number of hydrogen-bond acceptors (Lipinski definition) is 7. The summed E-state index contributed by atoms with van der Waals surface area (Å²) in [5.74, 6) is -0.327. The number of aromatic nitrogens is 2. The smallest absolute Gasteiger partial charge is 0.338 e. The average Bonchev–Trinajstić information content (AvgIpc) is 3.22. The van der Waals surface area contributed by atoms with Gasteiger partial charge in [-0.1, -0.05) is 47.6 Å². The third kappa shape index (κ3) is 5.45. The molecule has 0 saturated carbocycles. The second kappa shape index (κ2) is 10.1. The van der Waals surface area contributed by atoms with Gasteiger partial charge in [0.1, 0.15) is 0 Å². The molecule has 0 radical (unpaired) electrons. The molecule has 1 unspecified atom stereocenters. The van der Waals surface area contributed by atoms with E-state index in [1.807, 2.05) is 30.3 Å². The van der Waals surface area contributed by atoms with E-state index < -0.39 is 18.0 Å². The van der Waals surface area contributed by atoms with Crippen LogP contribution in [0.4, 0.5) is 5.69 Å². The van der Waals surface area contributed by atoms with Crippen LogP contribution in [0.2, 0.25) is 5.15 Å². The number of amides is 1. The molecule has 2 aromatic carbocycles. The molecule has 0 saturated heterocycles. The highest BCUT2D eigenvalue weighted by Gasteiger charge is 2.20. The molecule has 6 nitrogen and oxygen atoms in total. The summed E-state index contributed by atoms with van der Waals surface area (Å²) in [6, 6.07) is 18.4. The number of nitrogens with one attached hydrogen (secondary N) is 1. The molecule has 1 amide bonds. The first-order valence-corrected chi connectivity index (χ1v) is 11.9. The van der Waals surface area contributed by atoms with Gasteiger partial charge in [0.2, 0.25) is 0 Å². The molecule has 162 valence electrons. The van der Waals surface area contributed by atoms with Crippen LogP contribution < -0.4 is 5.32 Å². The first-order valence-electron chi connectivity index (χ1n) is 9.69. The summed E-state index contributed by atoms with van der Waals surface area (Å²) in [6.45, 7) is 1.50. The lowest BCUT2D eigenvalue weighted by atomic mass is 10.1. The number of rotatable bonds is 7. The fraction of sp³-hybridized carbons (Fsp3) is 0.130. The van der Waals surface area contributed by atoms with Crippen molar-refractivity contribution in [3.8, 4) is 0 Å². The number of fused-ring (bicyclic) bond motifs is 1. The number of halogens is 1. The Bertz CT molecular complexity index is 1230. The molecule has 4 aromatic rings. The van der Waals surface area contributed by atoms with Gasteiger partial charge < -0.3 is 10.1 Å². The quantitative estimate of drug-likeness (QED) is 0.202. The lowest BCUT2D eigenvalue weighted by molar-refractivity contribution is -0.123. The normalized spacial score (nSPS) is 11.8. The Labute approximate surface area is 198 Å². The van der Waals surface area contributed by atoms with E-state index in [-0.39, 0.29) is 5.15 Å². The maximum Gasteiger partial charge on any atom is 0.338 e. The average molecular weight is 484 g/mol. The molecule has 0 fully saturated rings. The SMILES string of the molecule is CC(OC(=O)c1ccc(CSc2nc3ccccc3s2)cc1)C(=O)Nc1cccnc1Cl. The van der Waals surface area contributed by atoms with Crippen molar-refractivity contribution in [3.63, 3.8) is 0 Å².